The summed E-state index contributed by atoms with van der Waals surface area (Å²) in [5.74, 6) is -1.13. The smallest absolute Gasteiger partial charge is 0.325 e. The fourth-order valence-corrected chi connectivity index (χ4v) is 3.57. The Bertz CT molecular complexity index is 875. The summed E-state index contributed by atoms with van der Waals surface area (Å²) in [6.45, 7) is 5.63. The molecule has 1 aliphatic rings. The molecule has 1 aromatic heterocycles. The Balaban J connectivity index is 1.75. The average molecular weight is 483 g/mol. The van der Waals surface area contributed by atoms with Crippen LogP contribution in [0.2, 0.25) is 0 Å². The number of carbonyl (C=O) groups excluding carboxylic acids is 4. The van der Waals surface area contributed by atoms with Gasteiger partial charge in [-0.05, 0) is 35.7 Å². The number of hydrogen-bond acceptors (Lipinski definition) is 5. The molecule has 10 nitrogen and oxygen atoms in total. The topological polar surface area (TPSA) is 125 Å². The summed E-state index contributed by atoms with van der Waals surface area (Å²) in [6.07, 6.45) is 4.30. The van der Waals surface area contributed by atoms with Crippen LogP contribution in [0.1, 0.15) is 42.9 Å². The highest BCUT2D eigenvalue weighted by molar-refractivity contribution is 9.10. The van der Waals surface area contributed by atoms with Crippen LogP contribution in [-0.2, 0) is 16.6 Å². The van der Waals surface area contributed by atoms with Gasteiger partial charge in [-0.3, -0.25) is 24.0 Å². The van der Waals surface area contributed by atoms with Crippen molar-refractivity contribution in [3.8, 4) is 0 Å². The highest BCUT2D eigenvalue weighted by Crippen LogP contribution is 2.24. The van der Waals surface area contributed by atoms with Crippen molar-refractivity contribution in [3.63, 3.8) is 0 Å². The Morgan fingerprint density at radius 1 is 1.17 bits per heavy atom. The van der Waals surface area contributed by atoms with E-state index in [-0.39, 0.29) is 31.4 Å². The summed E-state index contributed by atoms with van der Waals surface area (Å²) in [6, 6.07) is -0.548. The molecule has 1 aromatic rings. The summed E-state index contributed by atoms with van der Waals surface area (Å²) < 4.78 is 2.26. The van der Waals surface area contributed by atoms with E-state index in [2.05, 4.69) is 37.0 Å². The molecule has 0 bridgehead atoms. The number of halogens is 1. The SMILES string of the molecule is CCC1(CC)NC(=O)N(CC(=O)NC/C=C\CNC(=O)c2nn(C)c(C)c2Br)C1=O. The van der Waals surface area contributed by atoms with Gasteiger partial charge in [0.1, 0.15) is 12.1 Å². The molecule has 0 atom stereocenters. The summed E-state index contributed by atoms with van der Waals surface area (Å²) in [7, 11) is 1.75. The lowest BCUT2D eigenvalue weighted by atomic mass is 9.93. The number of carbonyl (C=O) groups is 4. The molecule has 1 saturated heterocycles. The van der Waals surface area contributed by atoms with Crippen LogP contribution >= 0.6 is 15.9 Å². The van der Waals surface area contributed by atoms with E-state index >= 15 is 0 Å². The normalized spacial score (nSPS) is 15.6. The number of amides is 5. The first-order chi connectivity index (χ1) is 14.2. The van der Waals surface area contributed by atoms with E-state index < -0.39 is 17.5 Å². The minimum atomic E-state index is -0.920. The van der Waals surface area contributed by atoms with Gasteiger partial charge >= 0.3 is 6.03 Å². The van der Waals surface area contributed by atoms with Gasteiger partial charge in [-0.25, -0.2) is 4.79 Å². The molecule has 11 heteroatoms. The maximum atomic E-state index is 12.5. The molecule has 5 amide bonds. The summed E-state index contributed by atoms with van der Waals surface area (Å²) in [5.41, 5.74) is 0.232. The van der Waals surface area contributed by atoms with Crippen molar-refractivity contribution in [2.24, 2.45) is 7.05 Å². The van der Waals surface area contributed by atoms with Crippen molar-refractivity contribution >= 4 is 39.7 Å². The number of hydrogen-bond donors (Lipinski definition) is 3. The van der Waals surface area contributed by atoms with Gasteiger partial charge in [0.15, 0.2) is 5.69 Å². The van der Waals surface area contributed by atoms with E-state index in [0.717, 1.165) is 10.6 Å². The molecule has 0 spiro atoms. The van der Waals surface area contributed by atoms with Crippen LogP contribution in [-0.4, -0.2) is 63.6 Å². The predicted octanol–water partition coefficient (Wildman–Crippen LogP) is 1.00. The van der Waals surface area contributed by atoms with Crippen LogP contribution in [0.4, 0.5) is 4.79 Å². The third kappa shape index (κ3) is 4.89. The summed E-state index contributed by atoms with van der Waals surface area (Å²) >= 11 is 3.35. The van der Waals surface area contributed by atoms with Crippen LogP contribution in [0.5, 0.6) is 0 Å². The van der Waals surface area contributed by atoms with Gasteiger partial charge in [0, 0.05) is 20.1 Å². The maximum Gasteiger partial charge on any atom is 0.325 e. The van der Waals surface area contributed by atoms with Crippen molar-refractivity contribution in [2.45, 2.75) is 39.2 Å². The predicted molar refractivity (Wildman–Crippen MR) is 114 cm³/mol. The lowest BCUT2D eigenvalue weighted by Gasteiger charge is -2.22. The zero-order valence-electron chi connectivity index (χ0n) is 17.5. The first-order valence-electron chi connectivity index (χ1n) is 9.70. The fraction of sp³-hybridized carbons (Fsp3) is 0.526. The van der Waals surface area contributed by atoms with Crippen molar-refractivity contribution in [2.75, 3.05) is 19.6 Å². The molecule has 0 saturated carbocycles. The van der Waals surface area contributed by atoms with Crippen LogP contribution in [0, 0.1) is 6.92 Å². The molecule has 2 rings (SSSR count). The second kappa shape index (κ2) is 9.88. The monoisotopic (exact) mass is 482 g/mol. The van der Waals surface area contributed by atoms with Gasteiger partial charge in [-0.15, -0.1) is 0 Å². The lowest BCUT2D eigenvalue weighted by Crippen LogP contribution is -2.46. The number of aromatic nitrogens is 2. The second-order valence-corrected chi connectivity index (χ2v) is 7.76. The molecular weight excluding hydrogens is 456 g/mol. The van der Waals surface area contributed by atoms with Gasteiger partial charge in [0.25, 0.3) is 11.8 Å². The van der Waals surface area contributed by atoms with Crippen molar-refractivity contribution in [1.82, 2.24) is 30.6 Å². The van der Waals surface area contributed by atoms with E-state index in [0.29, 0.717) is 23.0 Å². The highest BCUT2D eigenvalue weighted by atomic mass is 79.9. The standard InChI is InChI=1S/C19H27BrN6O4/c1-5-19(6-2)17(29)26(18(30)23-19)11-13(27)21-9-7-8-10-22-16(28)15-14(20)12(3)25(4)24-15/h7-8H,5-6,9-11H2,1-4H3,(H,21,27)(H,22,28)(H,23,30)/b8-7-. The third-order valence-electron chi connectivity index (χ3n) is 5.19. The van der Waals surface area contributed by atoms with Gasteiger partial charge in [0.2, 0.25) is 5.91 Å². The van der Waals surface area contributed by atoms with Gasteiger partial charge in [-0.2, -0.15) is 5.10 Å². The third-order valence-corrected chi connectivity index (χ3v) is 6.14. The number of rotatable bonds is 9. The van der Waals surface area contributed by atoms with Crippen LogP contribution in [0.15, 0.2) is 16.6 Å². The van der Waals surface area contributed by atoms with Crippen LogP contribution in [0.3, 0.4) is 0 Å². The van der Waals surface area contributed by atoms with Crippen LogP contribution < -0.4 is 16.0 Å². The summed E-state index contributed by atoms with van der Waals surface area (Å²) in [5, 5.41) is 12.2. The molecule has 0 aromatic carbocycles. The molecule has 2 heterocycles. The van der Waals surface area contributed by atoms with Crippen LogP contribution in [0.25, 0.3) is 0 Å². The van der Waals surface area contributed by atoms with Gasteiger partial charge in [-0.1, -0.05) is 26.0 Å². The summed E-state index contributed by atoms with van der Waals surface area (Å²) in [4.78, 5) is 49.7. The van der Waals surface area contributed by atoms with Crippen molar-refractivity contribution < 1.29 is 19.2 Å². The molecule has 30 heavy (non-hydrogen) atoms. The molecule has 3 N–H and O–H groups in total. The van der Waals surface area contributed by atoms with E-state index in [4.69, 9.17) is 0 Å². The zero-order chi connectivity index (χ0) is 22.5. The quantitative estimate of drug-likeness (QED) is 0.357. The molecular formula is C19H27BrN6O4. The molecule has 164 valence electrons. The highest BCUT2D eigenvalue weighted by Gasteiger charge is 2.49. The minimum absolute atomic E-state index is 0.206. The number of imide groups is 1. The number of nitrogens with zero attached hydrogens (tertiary/aromatic N) is 3. The lowest BCUT2D eigenvalue weighted by molar-refractivity contribution is -0.135. The first kappa shape index (κ1) is 23.6. The molecule has 1 aliphatic heterocycles. The van der Waals surface area contributed by atoms with Gasteiger partial charge < -0.3 is 16.0 Å². The molecule has 1 fully saturated rings. The van der Waals surface area contributed by atoms with E-state index in [1.807, 2.05) is 20.8 Å². The van der Waals surface area contributed by atoms with Crippen molar-refractivity contribution in [3.05, 3.63) is 28.0 Å². The zero-order valence-corrected chi connectivity index (χ0v) is 19.1. The van der Waals surface area contributed by atoms with E-state index in [1.54, 1.807) is 23.9 Å². The Morgan fingerprint density at radius 3 is 2.27 bits per heavy atom. The molecule has 0 unspecified atom stereocenters. The van der Waals surface area contributed by atoms with Crippen molar-refractivity contribution in [1.29, 1.82) is 0 Å². The largest absolute Gasteiger partial charge is 0.351 e. The average Bonchev–Trinajstić information content (AvgIpc) is 3.12. The Labute approximate surface area is 183 Å². The Hall–Kier alpha value is -2.69. The minimum Gasteiger partial charge on any atom is -0.351 e. The second-order valence-electron chi connectivity index (χ2n) is 6.97. The Kier molecular flexibility index (Phi) is 7.77. The maximum absolute atomic E-state index is 12.5. The molecule has 0 aliphatic carbocycles. The number of nitrogens with one attached hydrogen (secondary N) is 3. The van der Waals surface area contributed by atoms with E-state index in [9.17, 15) is 19.2 Å². The first-order valence-corrected chi connectivity index (χ1v) is 10.5. The number of aryl methyl sites for hydroxylation is 1. The van der Waals surface area contributed by atoms with Gasteiger partial charge in [0.05, 0.1) is 10.2 Å². The fourth-order valence-electron chi connectivity index (χ4n) is 3.05. The number of urea groups is 1. The molecule has 0 radical (unpaired) electrons. The van der Waals surface area contributed by atoms with E-state index in [1.165, 1.54) is 0 Å². The Morgan fingerprint density at radius 2 is 1.77 bits per heavy atom.